The lowest BCUT2D eigenvalue weighted by molar-refractivity contribution is 1.47. The number of nitrogens with zero attached hydrogens (tertiary/aromatic N) is 1. The molecule has 2 N–H and O–H groups in total. The summed E-state index contributed by atoms with van der Waals surface area (Å²) in [5, 5.41) is 0.988. The van der Waals surface area contributed by atoms with E-state index in [0.29, 0.717) is 0 Å². The average Bonchev–Trinajstić information content (AvgIpc) is 2.75. The molecule has 0 amide bonds. The van der Waals surface area contributed by atoms with E-state index in [-0.39, 0.29) is 0 Å². The number of rotatable bonds is 1. The molecule has 0 spiro atoms. The molecule has 18 heavy (non-hydrogen) atoms. The summed E-state index contributed by atoms with van der Waals surface area (Å²) in [7, 11) is 0. The van der Waals surface area contributed by atoms with Crippen molar-refractivity contribution in [3.05, 3.63) is 45.3 Å². The van der Waals surface area contributed by atoms with Crippen LogP contribution in [0.1, 0.15) is 0 Å². The van der Waals surface area contributed by atoms with Crippen LogP contribution in [0.15, 0.2) is 45.3 Å². The van der Waals surface area contributed by atoms with Crippen LogP contribution in [0.5, 0.6) is 0 Å². The lowest BCUT2D eigenvalue weighted by Crippen LogP contribution is -1.87. The second kappa shape index (κ2) is 4.64. The minimum Gasteiger partial charge on any atom is -0.398 e. The van der Waals surface area contributed by atoms with Gasteiger partial charge in [0.2, 0.25) is 0 Å². The Hall–Kier alpha value is -0.910. The first kappa shape index (κ1) is 12.1. The van der Waals surface area contributed by atoms with Crippen molar-refractivity contribution >= 4 is 59.1 Å². The molecule has 0 saturated carbocycles. The quantitative estimate of drug-likeness (QED) is 0.595. The first-order valence-corrected chi connectivity index (χ1v) is 7.65. The number of thiazole rings is 1. The monoisotopic (exact) mass is 382 g/mol. The molecular formula is C13H8Br2N2S. The van der Waals surface area contributed by atoms with Crippen molar-refractivity contribution in [3.63, 3.8) is 0 Å². The number of anilines is 1. The largest absolute Gasteiger partial charge is 0.398 e. The fourth-order valence-corrected chi connectivity index (χ4v) is 3.24. The average molecular weight is 384 g/mol. The van der Waals surface area contributed by atoms with Gasteiger partial charge in [0.15, 0.2) is 0 Å². The molecule has 2 nitrogen and oxygen atoms in total. The minimum absolute atomic E-state index is 0.730. The van der Waals surface area contributed by atoms with Crippen LogP contribution in [-0.2, 0) is 0 Å². The van der Waals surface area contributed by atoms with E-state index < -0.39 is 0 Å². The van der Waals surface area contributed by atoms with Gasteiger partial charge in [-0.2, -0.15) is 0 Å². The number of hydrogen-bond acceptors (Lipinski definition) is 3. The van der Waals surface area contributed by atoms with Crippen LogP contribution in [0.3, 0.4) is 0 Å². The van der Waals surface area contributed by atoms with Gasteiger partial charge in [0.05, 0.1) is 10.2 Å². The van der Waals surface area contributed by atoms with E-state index in [4.69, 9.17) is 5.73 Å². The van der Waals surface area contributed by atoms with E-state index in [0.717, 1.165) is 30.7 Å². The number of nitrogens with two attached hydrogens (primary N) is 1. The van der Waals surface area contributed by atoms with Gasteiger partial charge in [-0.3, -0.25) is 0 Å². The molecule has 0 unspecified atom stereocenters. The smallest absolute Gasteiger partial charge is 0.124 e. The van der Waals surface area contributed by atoms with Crippen LogP contribution >= 0.6 is 43.2 Å². The Morgan fingerprint density at radius 2 is 1.89 bits per heavy atom. The first-order chi connectivity index (χ1) is 8.63. The summed E-state index contributed by atoms with van der Waals surface area (Å²) in [6.07, 6.45) is 0. The summed E-state index contributed by atoms with van der Waals surface area (Å²) in [6.45, 7) is 0. The van der Waals surface area contributed by atoms with Gasteiger partial charge in [0.1, 0.15) is 5.01 Å². The van der Waals surface area contributed by atoms with Gasteiger partial charge in [0, 0.05) is 20.2 Å². The Kier molecular flexibility index (Phi) is 3.13. The molecule has 90 valence electrons. The van der Waals surface area contributed by atoms with Crippen molar-refractivity contribution in [2.75, 3.05) is 5.73 Å². The van der Waals surface area contributed by atoms with Gasteiger partial charge in [-0.05, 0) is 46.3 Å². The van der Waals surface area contributed by atoms with E-state index in [1.807, 2.05) is 30.3 Å². The maximum atomic E-state index is 5.90. The summed E-state index contributed by atoms with van der Waals surface area (Å²) in [5.74, 6) is 0. The van der Waals surface area contributed by atoms with E-state index >= 15 is 0 Å². The van der Waals surface area contributed by atoms with Gasteiger partial charge in [0.25, 0.3) is 0 Å². The highest BCUT2D eigenvalue weighted by atomic mass is 79.9. The maximum Gasteiger partial charge on any atom is 0.124 e. The molecule has 5 heteroatoms. The number of aromatic nitrogens is 1. The molecule has 0 aliphatic heterocycles. The van der Waals surface area contributed by atoms with Crippen molar-refractivity contribution in [3.8, 4) is 10.6 Å². The van der Waals surface area contributed by atoms with Gasteiger partial charge in [-0.1, -0.05) is 22.0 Å². The normalized spacial score (nSPS) is 11.0. The number of nitrogen functional groups attached to an aromatic ring is 1. The molecule has 2 aromatic carbocycles. The van der Waals surface area contributed by atoms with Crippen molar-refractivity contribution < 1.29 is 0 Å². The third kappa shape index (κ3) is 2.18. The van der Waals surface area contributed by atoms with Crippen LogP contribution in [0.4, 0.5) is 5.69 Å². The van der Waals surface area contributed by atoms with Crippen LogP contribution in [0.25, 0.3) is 20.8 Å². The minimum atomic E-state index is 0.730. The van der Waals surface area contributed by atoms with E-state index in [9.17, 15) is 0 Å². The first-order valence-electron chi connectivity index (χ1n) is 5.25. The van der Waals surface area contributed by atoms with E-state index in [1.165, 1.54) is 4.70 Å². The molecule has 1 aromatic heterocycles. The van der Waals surface area contributed by atoms with Crippen molar-refractivity contribution in [1.29, 1.82) is 0 Å². The molecule has 0 atom stereocenters. The molecule has 1 heterocycles. The molecule has 0 aliphatic rings. The summed E-state index contributed by atoms with van der Waals surface area (Å²) in [6, 6.07) is 12.0. The molecule has 3 aromatic rings. The van der Waals surface area contributed by atoms with Gasteiger partial charge >= 0.3 is 0 Å². The number of halogens is 2. The topological polar surface area (TPSA) is 38.9 Å². The van der Waals surface area contributed by atoms with Gasteiger partial charge in [-0.15, -0.1) is 11.3 Å². The number of benzene rings is 2. The zero-order chi connectivity index (χ0) is 12.7. The van der Waals surface area contributed by atoms with E-state index in [2.05, 4.69) is 42.9 Å². The molecule has 3 rings (SSSR count). The predicted octanol–water partition coefficient (Wildman–Crippen LogP) is 5.07. The second-order valence-electron chi connectivity index (χ2n) is 3.87. The molecule has 0 bridgehead atoms. The Balaban J connectivity index is 2.16. The summed E-state index contributed by atoms with van der Waals surface area (Å²) >= 11 is 8.53. The molecule has 0 radical (unpaired) electrons. The lowest BCUT2D eigenvalue weighted by Gasteiger charge is -2.00. The van der Waals surface area contributed by atoms with Crippen molar-refractivity contribution in [2.45, 2.75) is 0 Å². The highest BCUT2D eigenvalue weighted by molar-refractivity contribution is 9.10. The third-order valence-corrected chi connectivity index (χ3v) is 4.89. The van der Waals surface area contributed by atoms with Crippen LogP contribution in [0.2, 0.25) is 0 Å². The third-order valence-electron chi connectivity index (χ3n) is 2.59. The highest BCUT2D eigenvalue weighted by Crippen LogP contribution is 2.33. The van der Waals surface area contributed by atoms with Gasteiger partial charge < -0.3 is 5.73 Å². The predicted molar refractivity (Wildman–Crippen MR) is 84.9 cm³/mol. The highest BCUT2D eigenvalue weighted by Gasteiger charge is 2.07. The molecular weight excluding hydrogens is 376 g/mol. The van der Waals surface area contributed by atoms with E-state index in [1.54, 1.807) is 11.3 Å². The summed E-state index contributed by atoms with van der Waals surface area (Å²) < 4.78 is 3.13. The number of hydrogen-bond donors (Lipinski definition) is 1. The molecule has 0 aliphatic carbocycles. The SMILES string of the molecule is Nc1cc(-c2nc3cc(Br)ccc3s2)ccc1Br. The zero-order valence-corrected chi connectivity index (χ0v) is 13.1. The Bertz CT molecular complexity index is 737. The fourth-order valence-electron chi connectivity index (χ4n) is 1.70. The number of fused-ring (bicyclic) bond motifs is 1. The van der Waals surface area contributed by atoms with Crippen LogP contribution in [0, 0.1) is 0 Å². The fraction of sp³-hybridized carbons (Fsp3) is 0. The van der Waals surface area contributed by atoms with Crippen molar-refractivity contribution in [1.82, 2.24) is 4.98 Å². The standard InChI is InChI=1S/C13H8Br2N2S/c14-8-2-4-12-11(6-8)17-13(18-12)7-1-3-9(15)10(16)5-7/h1-6H,16H2. The second-order valence-corrected chi connectivity index (χ2v) is 6.67. The Morgan fingerprint density at radius 3 is 2.67 bits per heavy atom. The van der Waals surface area contributed by atoms with Crippen LogP contribution in [-0.4, -0.2) is 4.98 Å². The van der Waals surface area contributed by atoms with Gasteiger partial charge in [-0.25, -0.2) is 4.98 Å². The lowest BCUT2D eigenvalue weighted by atomic mass is 10.2. The van der Waals surface area contributed by atoms with Crippen molar-refractivity contribution in [2.24, 2.45) is 0 Å². The van der Waals surface area contributed by atoms with Crippen LogP contribution < -0.4 is 5.73 Å². The molecule has 0 saturated heterocycles. The Morgan fingerprint density at radius 1 is 1.06 bits per heavy atom. The maximum absolute atomic E-state index is 5.90. The molecule has 0 fully saturated rings. The zero-order valence-electron chi connectivity index (χ0n) is 9.15. The summed E-state index contributed by atoms with van der Waals surface area (Å²) in [4.78, 5) is 4.63. The summed E-state index contributed by atoms with van der Waals surface area (Å²) in [5.41, 5.74) is 8.68. The Labute approximate surface area is 125 Å².